The van der Waals surface area contributed by atoms with Crippen LogP contribution in [0.1, 0.15) is 25.7 Å². The van der Waals surface area contributed by atoms with Crippen molar-refractivity contribution in [1.82, 2.24) is 0 Å². The largest absolute Gasteiger partial charge is 0.242 e. The summed E-state index contributed by atoms with van der Waals surface area (Å²) in [6.07, 6.45) is 4.47. The predicted octanol–water partition coefficient (Wildman–Crippen LogP) is 2.29. The minimum absolute atomic E-state index is 0.145. The van der Waals surface area contributed by atoms with Crippen LogP contribution >= 0.6 is 11.6 Å². The lowest BCUT2D eigenvalue weighted by atomic mass is 9.96. The van der Waals surface area contributed by atoms with Gasteiger partial charge in [0.1, 0.15) is 0 Å². The monoisotopic (exact) mass is 158 g/mol. The second-order valence-electron chi connectivity index (χ2n) is 2.61. The fourth-order valence-corrected chi connectivity index (χ4v) is 1.63. The highest BCUT2D eigenvalue weighted by atomic mass is 35.5. The van der Waals surface area contributed by atoms with E-state index in [9.17, 15) is 0 Å². The molecule has 2 nitrogen and oxygen atoms in total. The zero-order valence-corrected chi connectivity index (χ0v) is 6.56. The standard InChI is InChI=1S/C7H11ClN2/c8-6-3-1-2-4-7(6)10-5-9/h6-7,9H,1-4H2. The van der Waals surface area contributed by atoms with Crippen LogP contribution < -0.4 is 0 Å². The number of rotatable bonds is 1. The van der Waals surface area contributed by atoms with Gasteiger partial charge in [-0.15, -0.1) is 11.6 Å². The molecule has 1 aliphatic rings. The minimum Gasteiger partial charge on any atom is -0.242 e. The third-order valence-electron chi connectivity index (χ3n) is 1.88. The molecule has 2 unspecified atom stereocenters. The van der Waals surface area contributed by atoms with E-state index in [0.29, 0.717) is 0 Å². The van der Waals surface area contributed by atoms with Crippen LogP contribution in [0.25, 0.3) is 0 Å². The summed E-state index contributed by atoms with van der Waals surface area (Å²) >= 11 is 5.94. The molecular weight excluding hydrogens is 148 g/mol. The van der Waals surface area contributed by atoms with Crippen molar-refractivity contribution >= 4 is 17.6 Å². The second-order valence-corrected chi connectivity index (χ2v) is 3.17. The van der Waals surface area contributed by atoms with Gasteiger partial charge in [-0.05, 0) is 12.8 Å². The summed E-state index contributed by atoms with van der Waals surface area (Å²) < 4.78 is 0. The molecule has 0 bridgehead atoms. The van der Waals surface area contributed by atoms with Gasteiger partial charge in [-0.1, -0.05) is 12.8 Å². The highest BCUT2D eigenvalue weighted by Crippen LogP contribution is 2.24. The molecule has 0 aromatic heterocycles. The summed E-state index contributed by atoms with van der Waals surface area (Å²) in [7, 11) is 0. The van der Waals surface area contributed by atoms with Crippen LogP contribution in [0.5, 0.6) is 0 Å². The summed E-state index contributed by atoms with van der Waals surface area (Å²) in [6, 6.07) is 2.22. The minimum atomic E-state index is 0.145. The first-order chi connectivity index (χ1) is 4.84. The summed E-state index contributed by atoms with van der Waals surface area (Å²) in [4.78, 5) is 3.85. The first-order valence-electron chi connectivity index (χ1n) is 3.60. The smallest absolute Gasteiger partial charge is 0.0865 e. The summed E-state index contributed by atoms with van der Waals surface area (Å²) in [5, 5.41) is 6.80. The molecule has 2 atom stereocenters. The Kier molecular flexibility index (Phi) is 2.91. The molecule has 1 saturated carbocycles. The predicted molar refractivity (Wildman–Crippen MR) is 42.1 cm³/mol. The molecule has 1 aliphatic carbocycles. The van der Waals surface area contributed by atoms with E-state index in [1.54, 1.807) is 0 Å². The number of alkyl halides is 1. The summed E-state index contributed by atoms with van der Waals surface area (Å²) in [6.45, 7) is 0. The molecule has 0 radical (unpaired) electrons. The van der Waals surface area contributed by atoms with Crippen LogP contribution in [-0.2, 0) is 0 Å². The first kappa shape index (κ1) is 7.77. The zero-order valence-electron chi connectivity index (χ0n) is 5.81. The van der Waals surface area contributed by atoms with Gasteiger partial charge in [0.15, 0.2) is 0 Å². The molecule has 0 aromatic carbocycles. The van der Waals surface area contributed by atoms with Gasteiger partial charge in [-0.2, -0.15) is 0 Å². The Morgan fingerprint density at radius 1 is 1.40 bits per heavy atom. The lowest BCUT2D eigenvalue weighted by Gasteiger charge is -2.21. The molecule has 56 valence electrons. The fourth-order valence-electron chi connectivity index (χ4n) is 1.29. The lowest BCUT2D eigenvalue weighted by molar-refractivity contribution is 0.451. The molecule has 1 rings (SSSR count). The van der Waals surface area contributed by atoms with Crippen LogP contribution in [0.2, 0.25) is 0 Å². The molecule has 3 heteroatoms. The number of halogens is 1. The number of hydrogen-bond acceptors (Lipinski definition) is 2. The van der Waals surface area contributed by atoms with Gasteiger partial charge in [-0.25, -0.2) is 10.4 Å². The molecule has 0 saturated heterocycles. The highest BCUT2D eigenvalue weighted by molar-refractivity contribution is 6.21. The Labute approximate surface area is 65.8 Å². The summed E-state index contributed by atoms with van der Waals surface area (Å²) in [5.41, 5.74) is 0. The molecule has 10 heavy (non-hydrogen) atoms. The van der Waals surface area contributed by atoms with Crippen LogP contribution in [0.15, 0.2) is 4.99 Å². The number of aliphatic imine (C=N–C) groups is 1. The van der Waals surface area contributed by atoms with E-state index >= 15 is 0 Å². The number of hydrogen-bond donors (Lipinski definition) is 1. The van der Waals surface area contributed by atoms with Crippen molar-refractivity contribution < 1.29 is 0 Å². The van der Waals surface area contributed by atoms with Crippen LogP contribution in [0.3, 0.4) is 0 Å². The average molecular weight is 159 g/mol. The normalized spacial score (nSPS) is 32.9. The van der Waals surface area contributed by atoms with Gasteiger partial charge in [0.2, 0.25) is 0 Å². The van der Waals surface area contributed by atoms with E-state index in [1.165, 1.54) is 12.8 Å². The molecule has 0 aromatic rings. The quantitative estimate of drug-likeness (QED) is 0.449. The van der Waals surface area contributed by atoms with Crippen molar-refractivity contribution in [3.63, 3.8) is 0 Å². The van der Waals surface area contributed by atoms with Crippen LogP contribution in [0, 0.1) is 5.41 Å². The van der Waals surface area contributed by atoms with Crippen molar-refractivity contribution in [2.45, 2.75) is 37.1 Å². The van der Waals surface area contributed by atoms with E-state index < -0.39 is 0 Å². The van der Waals surface area contributed by atoms with E-state index in [1.807, 2.05) is 0 Å². The topological polar surface area (TPSA) is 36.2 Å². The van der Waals surface area contributed by atoms with Gasteiger partial charge in [0.05, 0.1) is 17.4 Å². The van der Waals surface area contributed by atoms with Crippen LogP contribution in [-0.4, -0.2) is 17.4 Å². The van der Waals surface area contributed by atoms with Gasteiger partial charge < -0.3 is 0 Å². The van der Waals surface area contributed by atoms with E-state index in [0.717, 1.165) is 12.8 Å². The van der Waals surface area contributed by atoms with E-state index in [-0.39, 0.29) is 11.4 Å². The lowest BCUT2D eigenvalue weighted by Crippen LogP contribution is -2.22. The maximum atomic E-state index is 6.65. The molecule has 0 spiro atoms. The molecule has 0 amide bonds. The molecule has 0 aliphatic heterocycles. The third-order valence-corrected chi connectivity index (χ3v) is 2.39. The average Bonchev–Trinajstić information content (AvgIpc) is 1.94. The van der Waals surface area contributed by atoms with Gasteiger partial charge >= 0.3 is 0 Å². The SMILES string of the molecule is N=C=NC1CCCCC1Cl. The number of nitrogens with one attached hydrogen (secondary N) is 1. The molecule has 0 heterocycles. The Balaban J connectivity index is 2.47. The Bertz CT molecular complexity index is 152. The molecular formula is C7H11ClN2. The van der Waals surface area contributed by atoms with E-state index in [2.05, 4.69) is 11.0 Å². The fraction of sp³-hybridized carbons (Fsp3) is 0.857. The number of nitrogens with zero attached hydrogens (tertiary/aromatic N) is 1. The third kappa shape index (κ3) is 1.83. The first-order valence-corrected chi connectivity index (χ1v) is 4.04. The van der Waals surface area contributed by atoms with Crippen molar-refractivity contribution in [2.24, 2.45) is 4.99 Å². The Morgan fingerprint density at radius 3 is 2.70 bits per heavy atom. The molecule has 1 fully saturated rings. The maximum Gasteiger partial charge on any atom is 0.0865 e. The Hall–Kier alpha value is -0.330. The van der Waals surface area contributed by atoms with Gasteiger partial charge in [0.25, 0.3) is 0 Å². The van der Waals surface area contributed by atoms with Crippen molar-refractivity contribution in [3.05, 3.63) is 0 Å². The zero-order chi connectivity index (χ0) is 7.40. The highest BCUT2D eigenvalue weighted by Gasteiger charge is 2.21. The van der Waals surface area contributed by atoms with Crippen molar-refractivity contribution in [1.29, 1.82) is 5.41 Å². The molecule has 1 N–H and O–H groups in total. The van der Waals surface area contributed by atoms with Gasteiger partial charge in [-0.3, -0.25) is 0 Å². The van der Waals surface area contributed by atoms with Crippen molar-refractivity contribution in [2.75, 3.05) is 0 Å². The van der Waals surface area contributed by atoms with Crippen molar-refractivity contribution in [3.8, 4) is 0 Å². The Morgan fingerprint density at radius 2 is 2.10 bits per heavy atom. The summed E-state index contributed by atoms with van der Waals surface area (Å²) in [5.74, 6) is 0. The second kappa shape index (κ2) is 3.75. The maximum absolute atomic E-state index is 6.65. The van der Waals surface area contributed by atoms with E-state index in [4.69, 9.17) is 17.0 Å². The van der Waals surface area contributed by atoms with Crippen LogP contribution in [0.4, 0.5) is 0 Å². The van der Waals surface area contributed by atoms with Gasteiger partial charge in [0, 0.05) is 0 Å².